The van der Waals surface area contributed by atoms with E-state index < -0.39 is 11.6 Å². The van der Waals surface area contributed by atoms with Crippen molar-refractivity contribution in [3.05, 3.63) is 54.0 Å². The summed E-state index contributed by atoms with van der Waals surface area (Å²) in [5.41, 5.74) is 0.217. The SMILES string of the molecule is O=C(Nc1ccc(F)c(F)c1)N1CCS[C@@H]1c1ccco1. The summed E-state index contributed by atoms with van der Waals surface area (Å²) in [4.78, 5) is 13.9. The van der Waals surface area contributed by atoms with Crippen LogP contribution in [0.1, 0.15) is 11.1 Å². The van der Waals surface area contributed by atoms with Crippen LogP contribution in [0.4, 0.5) is 19.3 Å². The Kier molecular flexibility index (Phi) is 3.83. The van der Waals surface area contributed by atoms with Crippen LogP contribution in [-0.2, 0) is 0 Å². The number of carbonyl (C=O) groups excluding carboxylic acids is 1. The first-order valence-corrected chi connectivity index (χ1v) is 7.38. The van der Waals surface area contributed by atoms with E-state index in [9.17, 15) is 13.6 Å². The molecule has 4 nitrogen and oxygen atoms in total. The van der Waals surface area contributed by atoms with Crippen molar-refractivity contribution in [1.29, 1.82) is 0 Å². The third-order valence-corrected chi connectivity index (χ3v) is 4.33. The van der Waals surface area contributed by atoms with Crippen molar-refractivity contribution >= 4 is 23.5 Å². The standard InChI is InChI=1S/C14H12F2N2O2S/c15-10-4-3-9(8-11(10)16)17-14(19)18-5-7-21-13(18)12-2-1-6-20-12/h1-4,6,8,13H,5,7H2,(H,17,19)/t13-/m1/s1. The number of amides is 2. The van der Waals surface area contributed by atoms with Crippen LogP contribution >= 0.6 is 11.8 Å². The second-order valence-corrected chi connectivity index (χ2v) is 5.68. The summed E-state index contributed by atoms with van der Waals surface area (Å²) in [7, 11) is 0. The quantitative estimate of drug-likeness (QED) is 0.916. The molecule has 1 atom stereocenters. The lowest BCUT2D eigenvalue weighted by atomic mass is 10.3. The number of anilines is 1. The Bertz CT molecular complexity index is 648. The molecule has 1 fully saturated rings. The Morgan fingerprint density at radius 1 is 1.33 bits per heavy atom. The van der Waals surface area contributed by atoms with Crippen LogP contribution < -0.4 is 5.32 Å². The smallest absolute Gasteiger partial charge is 0.323 e. The van der Waals surface area contributed by atoms with E-state index in [1.165, 1.54) is 6.07 Å². The Morgan fingerprint density at radius 2 is 2.19 bits per heavy atom. The first-order valence-electron chi connectivity index (χ1n) is 6.33. The van der Waals surface area contributed by atoms with Gasteiger partial charge in [0.05, 0.1) is 6.26 Å². The molecule has 1 aromatic heterocycles. The number of rotatable bonds is 2. The maximum absolute atomic E-state index is 13.1. The zero-order valence-electron chi connectivity index (χ0n) is 10.9. The lowest BCUT2D eigenvalue weighted by molar-refractivity contribution is 0.209. The fourth-order valence-electron chi connectivity index (χ4n) is 2.11. The fraction of sp³-hybridized carbons (Fsp3) is 0.214. The molecule has 0 saturated carbocycles. The zero-order valence-corrected chi connectivity index (χ0v) is 11.7. The summed E-state index contributed by atoms with van der Waals surface area (Å²) in [5, 5.41) is 2.37. The molecule has 2 heterocycles. The summed E-state index contributed by atoms with van der Waals surface area (Å²) in [6, 6.07) is 6.46. The second kappa shape index (κ2) is 5.77. The van der Waals surface area contributed by atoms with Gasteiger partial charge >= 0.3 is 6.03 Å². The van der Waals surface area contributed by atoms with Gasteiger partial charge in [0.25, 0.3) is 0 Å². The molecule has 0 radical (unpaired) electrons. The summed E-state index contributed by atoms with van der Waals surface area (Å²) in [6.45, 7) is 0.561. The molecule has 1 aromatic carbocycles. The van der Waals surface area contributed by atoms with E-state index in [2.05, 4.69) is 5.32 Å². The molecule has 1 N–H and O–H groups in total. The van der Waals surface area contributed by atoms with E-state index >= 15 is 0 Å². The summed E-state index contributed by atoms with van der Waals surface area (Å²) >= 11 is 1.59. The van der Waals surface area contributed by atoms with Gasteiger partial charge in [-0.1, -0.05) is 0 Å². The monoisotopic (exact) mass is 310 g/mol. The molecule has 0 unspecified atom stereocenters. The molecule has 2 amide bonds. The van der Waals surface area contributed by atoms with Crippen LogP contribution in [0.25, 0.3) is 0 Å². The minimum Gasteiger partial charge on any atom is -0.466 e. The molecule has 3 rings (SSSR count). The Hall–Kier alpha value is -2.02. The highest BCUT2D eigenvalue weighted by atomic mass is 32.2. The number of halogens is 2. The van der Waals surface area contributed by atoms with Crippen molar-refractivity contribution in [1.82, 2.24) is 4.90 Å². The van der Waals surface area contributed by atoms with Crippen molar-refractivity contribution in [2.24, 2.45) is 0 Å². The van der Waals surface area contributed by atoms with Crippen molar-refractivity contribution in [3.63, 3.8) is 0 Å². The van der Waals surface area contributed by atoms with Gasteiger partial charge in [0, 0.05) is 24.1 Å². The molecule has 1 saturated heterocycles. The van der Waals surface area contributed by atoms with Crippen LogP contribution in [-0.4, -0.2) is 23.2 Å². The molecule has 21 heavy (non-hydrogen) atoms. The van der Waals surface area contributed by atoms with Gasteiger partial charge in [-0.15, -0.1) is 11.8 Å². The number of hydrogen-bond acceptors (Lipinski definition) is 3. The predicted molar refractivity (Wildman–Crippen MR) is 76.0 cm³/mol. The minimum atomic E-state index is -0.994. The highest BCUT2D eigenvalue weighted by molar-refractivity contribution is 7.99. The molecule has 2 aromatic rings. The summed E-state index contributed by atoms with van der Waals surface area (Å²) < 4.78 is 31.3. The number of nitrogens with one attached hydrogen (secondary N) is 1. The first-order chi connectivity index (χ1) is 10.1. The van der Waals surface area contributed by atoms with Gasteiger partial charge in [0.2, 0.25) is 0 Å². The number of benzene rings is 1. The minimum absolute atomic E-state index is 0.203. The van der Waals surface area contributed by atoms with Crippen LogP contribution in [0.3, 0.4) is 0 Å². The molecular formula is C14H12F2N2O2S. The normalized spacial score (nSPS) is 18.0. The van der Waals surface area contributed by atoms with Gasteiger partial charge in [-0.2, -0.15) is 0 Å². The maximum Gasteiger partial charge on any atom is 0.323 e. The molecule has 1 aliphatic rings. The highest BCUT2D eigenvalue weighted by Gasteiger charge is 2.32. The maximum atomic E-state index is 13.1. The van der Waals surface area contributed by atoms with Crippen LogP contribution in [0.15, 0.2) is 41.0 Å². The predicted octanol–water partition coefficient (Wildman–Crippen LogP) is 3.84. The third kappa shape index (κ3) is 2.87. The van der Waals surface area contributed by atoms with Crippen LogP contribution in [0.5, 0.6) is 0 Å². The fourth-order valence-corrected chi connectivity index (χ4v) is 3.32. The van der Waals surface area contributed by atoms with Gasteiger partial charge in [-0.3, -0.25) is 0 Å². The van der Waals surface area contributed by atoms with Crippen LogP contribution in [0.2, 0.25) is 0 Å². The average molecular weight is 310 g/mol. The van der Waals surface area contributed by atoms with E-state index in [1.807, 2.05) is 0 Å². The van der Waals surface area contributed by atoms with Gasteiger partial charge < -0.3 is 14.6 Å². The molecule has 0 bridgehead atoms. The number of nitrogens with zero attached hydrogens (tertiary/aromatic N) is 1. The molecule has 7 heteroatoms. The van der Waals surface area contributed by atoms with E-state index in [0.29, 0.717) is 12.3 Å². The molecule has 0 spiro atoms. The van der Waals surface area contributed by atoms with Crippen molar-refractivity contribution < 1.29 is 18.0 Å². The molecule has 1 aliphatic heterocycles. The topological polar surface area (TPSA) is 45.5 Å². The average Bonchev–Trinajstić information content (AvgIpc) is 3.12. The van der Waals surface area contributed by atoms with E-state index in [-0.39, 0.29) is 17.1 Å². The number of thioether (sulfide) groups is 1. The largest absolute Gasteiger partial charge is 0.466 e. The van der Waals surface area contributed by atoms with Gasteiger partial charge in [0.15, 0.2) is 11.6 Å². The molecular weight excluding hydrogens is 298 g/mol. The molecule has 0 aliphatic carbocycles. The van der Waals surface area contributed by atoms with Gasteiger partial charge in [-0.25, -0.2) is 13.6 Å². The Morgan fingerprint density at radius 3 is 2.90 bits per heavy atom. The third-order valence-electron chi connectivity index (χ3n) is 3.11. The van der Waals surface area contributed by atoms with E-state index in [0.717, 1.165) is 17.9 Å². The number of urea groups is 1. The van der Waals surface area contributed by atoms with Gasteiger partial charge in [-0.05, 0) is 24.3 Å². The zero-order chi connectivity index (χ0) is 14.8. The number of hydrogen-bond donors (Lipinski definition) is 1. The number of carbonyl (C=O) groups is 1. The Balaban J connectivity index is 1.73. The molecule has 110 valence electrons. The van der Waals surface area contributed by atoms with Crippen molar-refractivity contribution in [3.8, 4) is 0 Å². The van der Waals surface area contributed by atoms with Crippen molar-refractivity contribution in [2.75, 3.05) is 17.6 Å². The van der Waals surface area contributed by atoms with Crippen LogP contribution in [0, 0.1) is 11.6 Å². The lowest BCUT2D eigenvalue weighted by Gasteiger charge is -2.22. The van der Waals surface area contributed by atoms with E-state index in [1.54, 1.807) is 35.1 Å². The summed E-state index contributed by atoms with van der Waals surface area (Å²) in [5.74, 6) is -0.460. The summed E-state index contributed by atoms with van der Waals surface area (Å²) in [6.07, 6.45) is 1.56. The number of furan rings is 1. The first kappa shape index (κ1) is 13.9. The highest BCUT2D eigenvalue weighted by Crippen LogP contribution is 2.38. The lowest BCUT2D eigenvalue weighted by Crippen LogP contribution is -2.34. The second-order valence-electron chi connectivity index (χ2n) is 4.49. The van der Waals surface area contributed by atoms with E-state index in [4.69, 9.17) is 4.42 Å². The van der Waals surface area contributed by atoms with Gasteiger partial charge in [0.1, 0.15) is 11.1 Å². The Labute approximate surface area is 124 Å². The van der Waals surface area contributed by atoms with Crippen molar-refractivity contribution in [2.45, 2.75) is 5.37 Å².